The molecule has 5 rings (SSSR count). The van der Waals surface area contributed by atoms with Crippen LogP contribution in [0.5, 0.6) is 5.75 Å². The van der Waals surface area contributed by atoms with Gasteiger partial charge < -0.3 is 30.8 Å². The lowest BCUT2D eigenvalue weighted by Crippen LogP contribution is -2.63. The van der Waals surface area contributed by atoms with Gasteiger partial charge in [0.25, 0.3) is 6.43 Å². The maximum absolute atomic E-state index is 13.4. The molecule has 0 radical (unpaired) electrons. The monoisotopic (exact) mass is 544 g/mol. The van der Waals surface area contributed by atoms with Crippen LogP contribution in [0.15, 0.2) is 43.1 Å². The molecular formula is C25H27ClF2N8O2. The zero-order valence-corrected chi connectivity index (χ0v) is 21.3. The molecule has 0 aliphatic carbocycles. The number of nitrogens with zero attached hydrogens (tertiary/aromatic N) is 6. The summed E-state index contributed by atoms with van der Waals surface area (Å²) in [5, 5.41) is 10.6. The summed E-state index contributed by atoms with van der Waals surface area (Å²) in [5.74, 6) is 0.807. The van der Waals surface area contributed by atoms with Crippen LogP contribution in [0.2, 0.25) is 5.02 Å². The minimum atomic E-state index is -2.94. The van der Waals surface area contributed by atoms with Crippen molar-refractivity contribution < 1.29 is 18.6 Å². The van der Waals surface area contributed by atoms with Gasteiger partial charge in [-0.2, -0.15) is 0 Å². The number of aliphatic hydroxyl groups excluding tert-OH is 1. The number of fused-ring (bicyclic) bond motifs is 1. The molecule has 1 aromatic carbocycles. The van der Waals surface area contributed by atoms with Gasteiger partial charge in [-0.1, -0.05) is 11.6 Å². The number of pyridine rings is 1. The van der Waals surface area contributed by atoms with Crippen molar-refractivity contribution in [2.45, 2.75) is 37.5 Å². The first kappa shape index (κ1) is 26.0. The van der Waals surface area contributed by atoms with E-state index in [9.17, 15) is 13.9 Å². The second kappa shape index (κ2) is 10.3. The Labute approximate surface area is 222 Å². The van der Waals surface area contributed by atoms with Gasteiger partial charge in [-0.3, -0.25) is 4.98 Å². The molecule has 1 saturated heterocycles. The number of nitrogen functional groups attached to an aromatic ring is 1. The zero-order valence-electron chi connectivity index (χ0n) is 20.6. The molecule has 0 saturated carbocycles. The lowest BCUT2D eigenvalue weighted by molar-refractivity contribution is -0.0529. The molecule has 4 heterocycles. The Kier molecular flexibility index (Phi) is 7.03. The number of alkyl halides is 2. The Balaban J connectivity index is 1.57. The minimum Gasteiger partial charge on any atom is -0.495 e. The Morgan fingerprint density at radius 1 is 1.21 bits per heavy atom. The second-order valence-electron chi connectivity index (χ2n) is 9.39. The van der Waals surface area contributed by atoms with Crippen LogP contribution in [0.4, 0.5) is 20.3 Å². The van der Waals surface area contributed by atoms with Gasteiger partial charge in [-0.15, -0.1) is 0 Å². The van der Waals surface area contributed by atoms with E-state index in [1.165, 1.54) is 6.33 Å². The Morgan fingerprint density at radius 2 is 2.03 bits per heavy atom. The van der Waals surface area contributed by atoms with Crippen LogP contribution < -0.4 is 21.1 Å². The smallest absolute Gasteiger partial charge is 0.265 e. The number of halogens is 3. The van der Waals surface area contributed by atoms with Crippen LogP contribution >= 0.6 is 11.6 Å². The van der Waals surface area contributed by atoms with E-state index in [0.717, 1.165) is 11.1 Å². The average molecular weight is 545 g/mol. The van der Waals surface area contributed by atoms with Crippen LogP contribution in [-0.2, 0) is 6.54 Å². The summed E-state index contributed by atoms with van der Waals surface area (Å²) in [7, 11) is 1.54. The Hall–Kier alpha value is -3.61. The van der Waals surface area contributed by atoms with Gasteiger partial charge in [-0.25, -0.2) is 23.7 Å². The number of anilines is 2. The van der Waals surface area contributed by atoms with Crippen molar-refractivity contribution in [1.29, 1.82) is 0 Å². The van der Waals surface area contributed by atoms with Gasteiger partial charge in [0.05, 0.1) is 48.1 Å². The van der Waals surface area contributed by atoms with Gasteiger partial charge in [0.2, 0.25) is 0 Å². The number of aromatic nitrogens is 5. The molecule has 0 bridgehead atoms. The highest BCUT2D eigenvalue weighted by molar-refractivity contribution is 6.32. The summed E-state index contributed by atoms with van der Waals surface area (Å²) < 4.78 is 33.9. The van der Waals surface area contributed by atoms with Crippen molar-refractivity contribution in [2.75, 3.05) is 30.8 Å². The normalized spacial score (nSPS) is 18.8. The van der Waals surface area contributed by atoms with Crippen molar-refractivity contribution in [2.24, 2.45) is 5.73 Å². The first-order valence-electron chi connectivity index (χ1n) is 11.9. The molecule has 4 aromatic rings. The second-order valence-corrected chi connectivity index (χ2v) is 9.80. The first-order valence-corrected chi connectivity index (χ1v) is 12.3. The van der Waals surface area contributed by atoms with Crippen LogP contribution in [0.1, 0.15) is 18.4 Å². The minimum absolute atomic E-state index is 0.0424. The summed E-state index contributed by atoms with van der Waals surface area (Å²) in [6, 6.07) is 7.27. The molecule has 38 heavy (non-hydrogen) atoms. The van der Waals surface area contributed by atoms with Crippen molar-refractivity contribution in [3.05, 3.63) is 53.7 Å². The molecule has 2 atom stereocenters. The van der Waals surface area contributed by atoms with E-state index < -0.39 is 18.1 Å². The van der Waals surface area contributed by atoms with E-state index in [1.54, 1.807) is 31.8 Å². The first-order chi connectivity index (χ1) is 18.2. The zero-order chi connectivity index (χ0) is 27.0. The van der Waals surface area contributed by atoms with E-state index in [4.69, 9.17) is 27.8 Å². The largest absolute Gasteiger partial charge is 0.495 e. The number of methoxy groups -OCH3 is 1. The highest BCUT2D eigenvalue weighted by atomic mass is 35.5. The molecule has 5 N–H and O–H groups in total. The Bertz CT molecular complexity index is 1470. The third-order valence-corrected chi connectivity index (χ3v) is 7.20. The summed E-state index contributed by atoms with van der Waals surface area (Å²) in [5.41, 5.74) is 14.8. The molecule has 3 aromatic heterocycles. The molecule has 0 unspecified atom stereocenters. The van der Waals surface area contributed by atoms with E-state index in [1.807, 2.05) is 21.6 Å². The summed E-state index contributed by atoms with van der Waals surface area (Å²) in [4.78, 5) is 19.2. The lowest BCUT2D eigenvalue weighted by Gasteiger charge is -2.44. The highest BCUT2D eigenvalue weighted by Crippen LogP contribution is 2.35. The number of benzene rings is 1. The fraction of sp³-hybridized carbons (Fsp3) is 0.360. The predicted molar refractivity (Wildman–Crippen MR) is 140 cm³/mol. The predicted octanol–water partition coefficient (Wildman–Crippen LogP) is 3.10. The number of rotatable bonds is 7. The van der Waals surface area contributed by atoms with Crippen molar-refractivity contribution in [1.82, 2.24) is 24.5 Å². The maximum atomic E-state index is 13.4. The quantitative estimate of drug-likeness (QED) is 0.320. The maximum Gasteiger partial charge on any atom is 0.265 e. The number of ether oxygens (including phenoxy) is 1. The van der Waals surface area contributed by atoms with E-state index >= 15 is 0 Å². The third kappa shape index (κ3) is 4.82. The summed E-state index contributed by atoms with van der Waals surface area (Å²) in [6.07, 6.45) is 0.602. The number of nitrogens with two attached hydrogens (primary N) is 2. The number of piperidine rings is 1. The summed E-state index contributed by atoms with van der Waals surface area (Å²) in [6.45, 7) is 0.935. The van der Waals surface area contributed by atoms with Gasteiger partial charge in [0.1, 0.15) is 23.7 Å². The molecule has 10 nitrogen and oxygen atoms in total. The standard InChI is InChI=1S/C25H27ClF2N8O2/c1-38-19-4-3-14(7-16(19)26)17-8-15(10-36-13-34-20-23(29)32-12-33-24(20)36)18(9-31-17)35-6-2-5-25(30,11-35)21(37)22(27)28/h3-4,7-9,12-13,21-22,37H,2,5-6,10-11,30H2,1H3,(H2,29,32,33)/t21-,25-/m1/s1. The topological polar surface area (TPSA) is 141 Å². The molecule has 1 aliphatic heterocycles. The van der Waals surface area contributed by atoms with Gasteiger partial charge in [-0.05, 0) is 42.7 Å². The molecular weight excluding hydrogens is 518 g/mol. The number of aliphatic hydroxyl groups is 1. The number of hydrogen-bond acceptors (Lipinski definition) is 9. The van der Waals surface area contributed by atoms with E-state index in [-0.39, 0.29) is 18.8 Å². The average Bonchev–Trinajstić information content (AvgIpc) is 3.32. The summed E-state index contributed by atoms with van der Waals surface area (Å²) >= 11 is 6.36. The van der Waals surface area contributed by atoms with E-state index in [0.29, 0.717) is 52.8 Å². The van der Waals surface area contributed by atoms with Crippen LogP contribution in [0, 0.1) is 0 Å². The molecule has 0 amide bonds. The van der Waals surface area contributed by atoms with Crippen LogP contribution in [0.3, 0.4) is 0 Å². The highest BCUT2D eigenvalue weighted by Gasteiger charge is 2.43. The van der Waals surface area contributed by atoms with Gasteiger partial charge in [0, 0.05) is 18.7 Å². The lowest BCUT2D eigenvalue weighted by atomic mass is 9.84. The molecule has 1 fully saturated rings. The molecule has 200 valence electrons. The molecule has 0 spiro atoms. The van der Waals surface area contributed by atoms with Crippen LogP contribution in [0.25, 0.3) is 22.4 Å². The molecule has 13 heteroatoms. The van der Waals surface area contributed by atoms with Crippen molar-refractivity contribution in [3.8, 4) is 17.0 Å². The van der Waals surface area contributed by atoms with Crippen molar-refractivity contribution >= 4 is 34.3 Å². The van der Waals surface area contributed by atoms with Gasteiger partial charge in [0.15, 0.2) is 11.5 Å². The van der Waals surface area contributed by atoms with Gasteiger partial charge >= 0.3 is 0 Å². The van der Waals surface area contributed by atoms with E-state index in [2.05, 4.69) is 19.9 Å². The fourth-order valence-electron chi connectivity index (χ4n) is 4.89. The Morgan fingerprint density at radius 3 is 2.76 bits per heavy atom. The third-order valence-electron chi connectivity index (χ3n) is 6.91. The number of hydrogen-bond donors (Lipinski definition) is 3. The van der Waals surface area contributed by atoms with Crippen molar-refractivity contribution in [3.63, 3.8) is 0 Å². The number of imidazole rings is 1. The molecule has 1 aliphatic rings. The van der Waals surface area contributed by atoms with Crippen LogP contribution in [-0.4, -0.2) is 67.9 Å². The fourth-order valence-corrected chi connectivity index (χ4v) is 5.15. The SMILES string of the molecule is COc1ccc(-c2cc(Cn3cnc4c(N)ncnc43)c(N3CCC[C@](N)([C@H](O)C(F)F)C3)cn2)cc1Cl.